The first kappa shape index (κ1) is 14.5. The predicted octanol–water partition coefficient (Wildman–Crippen LogP) is -0.0433. The van der Waals surface area contributed by atoms with Crippen LogP contribution in [-0.2, 0) is 4.79 Å². The third-order valence-electron chi connectivity index (χ3n) is 3.17. The number of amides is 2. The maximum absolute atomic E-state index is 11.7. The second-order valence-corrected chi connectivity index (χ2v) is 4.83. The van der Waals surface area contributed by atoms with E-state index in [2.05, 4.69) is 16.0 Å². The Morgan fingerprint density at radius 2 is 1.95 bits per heavy atom. The number of carbonyl (C=O) groups excluding carboxylic acids is 2. The first-order valence-corrected chi connectivity index (χ1v) is 6.68. The molecule has 0 atom stereocenters. The molecule has 6 heteroatoms. The fourth-order valence-electron chi connectivity index (χ4n) is 1.94. The zero-order valence-electron chi connectivity index (χ0n) is 11.2. The van der Waals surface area contributed by atoms with Crippen LogP contribution in [0.15, 0.2) is 24.3 Å². The van der Waals surface area contributed by atoms with Crippen LogP contribution < -0.4 is 16.0 Å². The molecule has 1 aliphatic rings. The third-order valence-corrected chi connectivity index (χ3v) is 3.17. The van der Waals surface area contributed by atoms with Gasteiger partial charge in [0, 0.05) is 24.2 Å². The van der Waals surface area contributed by atoms with Crippen LogP contribution in [0.2, 0.25) is 0 Å². The van der Waals surface area contributed by atoms with Gasteiger partial charge in [-0.2, -0.15) is 0 Å². The summed E-state index contributed by atoms with van der Waals surface area (Å²) in [6.45, 7) is 1.94. The van der Waals surface area contributed by atoms with Crippen LogP contribution in [0.3, 0.4) is 0 Å². The van der Waals surface area contributed by atoms with Crippen molar-refractivity contribution in [1.82, 2.24) is 10.6 Å². The summed E-state index contributed by atoms with van der Waals surface area (Å²) in [5.74, 6) is 0.185. The highest BCUT2D eigenvalue weighted by Gasteiger charge is 2.20. The topological polar surface area (TPSA) is 90.5 Å². The number of hydrogen-bond acceptors (Lipinski definition) is 4. The van der Waals surface area contributed by atoms with Crippen LogP contribution in [0.1, 0.15) is 16.8 Å². The second kappa shape index (κ2) is 7.02. The molecule has 108 valence electrons. The molecule has 0 bridgehead atoms. The summed E-state index contributed by atoms with van der Waals surface area (Å²) in [6, 6.07) is 6.69. The maximum Gasteiger partial charge on any atom is 0.251 e. The molecule has 1 saturated heterocycles. The molecule has 1 aliphatic heterocycles. The predicted molar refractivity (Wildman–Crippen MR) is 75.5 cm³/mol. The Kier molecular flexibility index (Phi) is 5.09. The van der Waals surface area contributed by atoms with Crippen LogP contribution in [0.25, 0.3) is 0 Å². The molecular formula is C14H19N3O3. The van der Waals surface area contributed by atoms with E-state index in [9.17, 15) is 9.59 Å². The number of benzene rings is 1. The minimum Gasteiger partial charge on any atom is -0.395 e. The van der Waals surface area contributed by atoms with E-state index in [1.807, 2.05) is 0 Å². The standard InChI is InChI=1S/C14H19N3O3/c18-6-5-16-14(20)11-1-3-12(4-2-11)17-13(19)7-10-8-15-9-10/h1-4,10,15,18H,5-9H2,(H,16,20)(H,17,19). The largest absolute Gasteiger partial charge is 0.395 e. The monoisotopic (exact) mass is 277 g/mol. The highest BCUT2D eigenvalue weighted by atomic mass is 16.3. The van der Waals surface area contributed by atoms with E-state index in [1.165, 1.54) is 0 Å². The number of anilines is 1. The summed E-state index contributed by atoms with van der Waals surface area (Å²) < 4.78 is 0. The molecular weight excluding hydrogens is 258 g/mol. The van der Waals surface area contributed by atoms with Crippen LogP contribution >= 0.6 is 0 Å². The normalized spacial score (nSPS) is 14.4. The minimum atomic E-state index is -0.238. The molecule has 4 N–H and O–H groups in total. The lowest BCUT2D eigenvalue weighted by Crippen LogP contribution is -2.43. The van der Waals surface area contributed by atoms with Crippen LogP contribution in [0.4, 0.5) is 5.69 Å². The van der Waals surface area contributed by atoms with Crippen molar-refractivity contribution < 1.29 is 14.7 Å². The molecule has 1 fully saturated rings. The molecule has 20 heavy (non-hydrogen) atoms. The van der Waals surface area contributed by atoms with Crippen molar-refractivity contribution in [2.24, 2.45) is 5.92 Å². The van der Waals surface area contributed by atoms with E-state index in [0.717, 1.165) is 13.1 Å². The summed E-state index contributed by atoms with van der Waals surface area (Å²) in [7, 11) is 0. The second-order valence-electron chi connectivity index (χ2n) is 4.83. The van der Waals surface area contributed by atoms with Gasteiger partial charge in [0.1, 0.15) is 0 Å². The van der Waals surface area contributed by atoms with Crippen LogP contribution in [0.5, 0.6) is 0 Å². The first-order chi connectivity index (χ1) is 9.69. The van der Waals surface area contributed by atoms with Crippen molar-refractivity contribution in [3.8, 4) is 0 Å². The van der Waals surface area contributed by atoms with E-state index in [0.29, 0.717) is 23.6 Å². The number of hydrogen-bond donors (Lipinski definition) is 4. The molecule has 0 saturated carbocycles. The van der Waals surface area contributed by atoms with Gasteiger partial charge in [-0.3, -0.25) is 9.59 Å². The van der Waals surface area contributed by atoms with Gasteiger partial charge in [-0.1, -0.05) is 0 Å². The molecule has 6 nitrogen and oxygen atoms in total. The van der Waals surface area contributed by atoms with Crippen LogP contribution in [0, 0.1) is 5.92 Å². The highest BCUT2D eigenvalue weighted by molar-refractivity contribution is 5.95. The Bertz CT molecular complexity index is 469. The molecule has 0 unspecified atom stereocenters. The van der Waals surface area contributed by atoms with Gasteiger partial charge in [-0.25, -0.2) is 0 Å². The van der Waals surface area contributed by atoms with E-state index >= 15 is 0 Å². The van der Waals surface area contributed by atoms with E-state index in [1.54, 1.807) is 24.3 Å². The number of carbonyl (C=O) groups is 2. The third kappa shape index (κ3) is 4.04. The van der Waals surface area contributed by atoms with Crippen molar-refractivity contribution in [3.63, 3.8) is 0 Å². The van der Waals surface area contributed by atoms with Gasteiger partial charge >= 0.3 is 0 Å². The molecule has 0 spiro atoms. The molecule has 0 aliphatic carbocycles. The molecule has 1 aromatic rings. The highest BCUT2D eigenvalue weighted by Crippen LogP contribution is 2.13. The Hall–Kier alpha value is -1.92. The Morgan fingerprint density at radius 1 is 1.25 bits per heavy atom. The van der Waals surface area contributed by atoms with E-state index in [-0.39, 0.29) is 25.0 Å². The summed E-state index contributed by atoms with van der Waals surface area (Å²) in [5, 5.41) is 17.1. The van der Waals surface area contributed by atoms with E-state index < -0.39 is 0 Å². The molecule has 1 aromatic carbocycles. The average Bonchev–Trinajstić information content (AvgIpc) is 2.41. The lowest BCUT2D eigenvalue weighted by molar-refractivity contribution is -0.117. The van der Waals surface area contributed by atoms with E-state index in [4.69, 9.17) is 5.11 Å². The SMILES string of the molecule is O=C(CC1CNC1)Nc1ccc(C(=O)NCCO)cc1. The summed E-state index contributed by atoms with van der Waals surface area (Å²) >= 11 is 0. The van der Waals surface area contributed by atoms with Gasteiger partial charge in [0.15, 0.2) is 0 Å². The Morgan fingerprint density at radius 3 is 2.50 bits per heavy atom. The van der Waals surface area contributed by atoms with Gasteiger partial charge in [-0.05, 0) is 43.3 Å². The van der Waals surface area contributed by atoms with Gasteiger partial charge in [0.25, 0.3) is 5.91 Å². The maximum atomic E-state index is 11.7. The van der Waals surface area contributed by atoms with Crippen molar-refractivity contribution >= 4 is 17.5 Å². The van der Waals surface area contributed by atoms with Crippen LogP contribution in [-0.4, -0.2) is 43.2 Å². The summed E-state index contributed by atoms with van der Waals surface area (Å²) in [5.41, 5.74) is 1.18. The lowest BCUT2D eigenvalue weighted by atomic mass is 9.99. The zero-order valence-corrected chi connectivity index (χ0v) is 11.2. The molecule has 2 rings (SSSR count). The summed E-state index contributed by atoms with van der Waals surface area (Å²) in [6.07, 6.45) is 0.520. The first-order valence-electron chi connectivity index (χ1n) is 6.68. The quantitative estimate of drug-likeness (QED) is 0.587. The number of rotatable bonds is 6. The average molecular weight is 277 g/mol. The molecule has 1 heterocycles. The zero-order chi connectivity index (χ0) is 14.4. The fourth-order valence-corrected chi connectivity index (χ4v) is 1.94. The number of aliphatic hydroxyl groups excluding tert-OH is 1. The van der Waals surface area contributed by atoms with Gasteiger partial charge in [0.2, 0.25) is 5.91 Å². The number of aliphatic hydroxyl groups is 1. The summed E-state index contributed by atoms with van der Waals surface area (Å²) in [4.78, 5) is 23.3. The van der Waals surface area contributed by atoms with Crippen molar-refractivity contribution in [3.05, 3.63) is 29.8 Å². The Labute approximate surface area is 117 Å². The van der Waals surface area contributed by atoms with Gasteiger partial charge in [-0.15, -0.1) is 0 Å². The molecule has 0 radical (unpaired) electrons. The molecule has 0 aromatic heterocycles. The molecule has 2 amide bonds. The van der Waals surface area contributed by atoms with Crippen molar-refractivity contribution in [2.45, 2.75) is 6.42 Å². The van der Waals surface area contributed by atoms with Gasteiger partial charge in [0.05, 0.1) is 6.61 Å². The Balaban J connectivity index is 1.84. The smallest absolute Gasteiger partial charge is 0.251 e. The lowest BCUT2D eigenvalue weighted by Gasteiger charge is -2.26. The number of nitrogens with one attached hydrogen (secondary N) is 3. The fraction of sp³-hybridized carbons (Fsp3) is 0.429. The minimum absolute atomic E-state index is 0.00557. The van der Waals surface area contributed by atoms with Gasteiger partial charge < -0.3 is 21.1 Å². The van der Waals surface area contributed by atoms with Crippen molar-refractivity contribution in [1.29, 1.82) is 0 Å². The van der Waals surface area contributed by atoms with Crippen molar-refractivity contribution in [2.75, 3.05) is 31.6 Å².